The monoisotopic (exact) mass is 869 g/mol. The number of hydrogen-bond acceptors (Lipinski definition) is 8. The number of hydrogen-bond donors (Lipinski definition) is 0. The Morgan fingerprint density at radius 2 is 0.836 bits per heavy atom. The van der Waals surface area contributed by atoms with Gasteiger partial charge in [0.15, 0.2) is 12.2 Å². The molecule has 0 fully saturated rings. The van der Waals surface area contributed by atoms with Crippen LogP contribution in [0.15, 0.2) is 42.5 Å². The van der Waals surface area contributed by atoms with Crippen molar-refractivity contribution in [1.29, 1.82) is 0 Å². The number of halogens is 1. The van der Waals surface area contributed by atoms with Crippen LogP contribution in [0.5, 0.6) is 11.5 Å². The van der Waals surface area contributed by atoms with Gasteiger partial charge in [0.25, 0.3) is 0 Å². The summed E-state index contributed by atoms with van der Waals surface area (Å²) in [6, 6.07) is 13.6. The second-order valence-electron chi connectivity index (χ2n) is 16.8. The number of fused-ring (bicyclic) bond motifs is 2. The molecule has 0 heterocycles. The van der Waals surface area contributed by atoms with Crippen LogP contribution in [0.25, 0.3) is 21.5 Å². The Kier molecular flexibility index (Phi) is 28.7. The molecule has 0 bridgehead atoms. The molecule has 0 radical (unpaired) electrons. The predicted octanol–water partition coefficient (Wildman–Crippen LogP) is 14.7. The van der Waals surface area contributed by atoms with Gasteiger partial charge in [0.2, 0.25) is 0 Å². The van der Waals surface area contributed by atoms with E-state index in [0.29, 0.717) is 42.6 Å². The Morgan fingerprint density at radius 1 is 0.459 bits per heavy atom. The van der Waals surface area contributed by atoms with Gasteiger partial charge < -0.3 is 28.4 Å². The van der Waals surface area contributed by atoms with Gasteiger partial charge in [-0.2, -0.15) is 0 Å². The van der Waals surface area contributed by atoms with E-state index in [1.54, 1.807) is 0 Å². The SMILES string of the molecule is CCCCCCCCOCC(COc1c2ccccc2c(OCC(COCCCCCCCC)OC(=O)CCCCCCC)c2cc(Cl)ccc12)OC(=O)CCCCCCC. The third kappa shape index (κ3) is 21.7. The van der Waals surface area contributed by atoms with Gasteiger partial charge in [0.1, 0.15) is 24.7 Å². The summed E-state index contributed by atoms with van der Waals surface area (Å²) < 4.78 is 37.6. The molecule has 0 aliphatic carbocycles. The van der Waals surface area contributed by atoms with E-state index < -0.39 is 12.2 Å². The summed E-state index contributed by atoms with van der Waals surface area (Å²) in [5, 5.41) is 3.82. The van der Waals surface area contributed by atoms with Gasteiger partial charge in [-0.1, -0.05) is 179 Å². The summed E-state index contributed by atoms with van der Waals surface area (Å²) in [6.07, 6.45) is 24.3. The van der Waals surface area contributed by atoms with Crippen LogP contribution < -0.4 is 9.47 Å². The van der Waals surface area contributed by atoms with Crippen LogP contribution in [0.2, 0.25) is 5.02 Å². The van der Waals surface area contributed by atoms with Gasteiger partial charge in [-0.3, -0.25) is 9.59 Å². The van der Waals surface area contributed by atoms with Crippen LogP contribution in [-0.4, -0.2) is 63.8 Å². The molecule has 0 spiro atoms. The van der Waals surface area contributed by atoms with Gasteiger partial charge in [-0.05, 0) is 43.9 Å². The van der Waals surface area contributed by atoms with E-state index in [4.69, 9.17) is 40.0 Å². The Morgan fingerprint density at radius 3 is 1.28 bits per heavy atom. The number of benzene rings is 3. The van der Waals surface area contributed by atoms with Crippen molar-refractivity contribution in [3.63, 3.8) is 0 Å². The largest absolute Gasteiger partial charge is 0.488 e. The Hall–Kier alpha value is -3.07. The quantitative estimate of drug-likeness (QED) is 0.0320. The Bertz CT molecular complexity index is 1610. The maximum absolute atomic E-state index is 13.1. The van der Waals surface area contributed by atoms with Crippen LogP contribution >= 0.6 is 11.6 Å². The molecule has 0 aliphatic rings. The number of unbranched alkanes of at least 4 members (excludes halogenated alkanes) is 18. The van der Waals surface area contributed by atoms with E-state index in [1.807, 2.05) is 42.5 Å². The molecule has 0 saturated carbocycles. The van der Waals surface area contributed by atoms with Crippen molar-refractivity contribution < 1.29 is 38.0 Å². The highest BCUT2D eigenvalue weighted by Crippen LogP contribution is 2.44. The van der Waals surface area contributed by atoms with Crippen molar-refractivity contribution in [3.05, 3.63) is 47.5 Å². The first-order valence-electron chi connectivity index (χ1n) is 24.4. The van der Waals surface area contributed by atoms with E-state index in [9.17, 15) is 9.59 Å². The zero-order valence-corrected chi connectivity index (χ0v) is 39.3. The summed E-state index contributed by atoms with van der Waals surface area (Å²) >= 11 is 6.66. The molecular weight excluding hydrogens is 788 g/mol. The van der Waals surface area contributed by atoms with Crippen molar-refractivity contribution >= 4 is 45.1 Å². The van der Waals surface area contributed by atoms with E-state index >= 15 is 0 Å². The third-order valence-electron chi connectivity index (χ3n) is 11.2. The molecule has 9 heteroatoms. The maximum atomic E-state index is 13.1. The highest BCUT2D eigenvalue weighted by molar-refractivity contribution is 6.31. The molecule has 0 amide bonds. The number of rotatable bonds is 38. The summed E-state index contributed by atoms with van der Waals surface area (Å²) in [5.74, 6) is 0.837. The second-order valence-corrected chi connectivity index (χ2v) is 17.2. The molecule has 61 heavy (non-hydrogen) atoms. The molecule has 0 N–H and O–H groups in total. The van der Waals surface area contributed by atoms with E-state index in [-0.39, 0.29) is 38.4 Å². The zero-order chi connectivity index (χ0) is 43.8. The van der Waals surface area contributed by atoms with E-state index in [0.717, 1.165) is 98.6 Å². The minimum Gasteiger partial charge on any atom is -0.488 e. The molecule has 0 saturated heterocycles. The summed E-state index contributed by atoms with van der Waals surface area (Å²) in [7, 11) is 0. The van der Waals surface area contributed by atoms with Gasteiger partial charge in [-0.15, -0.1) is 0 Å². The van der Waals surface area contributed by atoms with Crippen LogP contribution in [0, 0.1) is 0 Å². The summed E-state index contributed by atoms with van der Waals surface area (Å²) in [5.41, 5.74) is 0. The molecule has 3 aromatic carbocycles. The van der Waals surface area contributed by atoms with Gasteiger partial charge in [0.05, 0.1) is 13.2 Å². The first-order valence-corrected chi connectivity index (χ1v) is 24.7. The molecule has 2 unspecified atom stereocenters. The maximum Gasteiger partial charge on any atom is 0.306 e. The number of carbonyl (C=O) groups is 2. The van der Waals surface area contributed by atoms with Crippen molar-refractivity contribution in [2.75, 3.05) is 39.6 Å². The lowest BCUT2D eigenvalue weighted by Crippen LogP contribution is -2.30. The zero-order valence-electron chi connectivity index (χ0n) is 38.6. The summed E-state index contributed by atoms with van der Waals surface area (Å²) in [6.45, 7) is 10.8. The number of ether oxygens (including phenoxy) is 6. The standard InChI is InChI=1S/C52H81ClO8/c1-5-9-13-17-21-27-35-56-38-43(60-49(54)31-23-19-15-11-7-3)40-58-51-45-29-25-26-30-46(45)52(48-37-42(53)33-34-47(48)51)59-41-44(39-57-36-28-22-18-14-10-6-2)61-50(55)32-24-20-16-12-8-4/h25-26,29-30,33-34,37,43-44H,5-24,27-28,31-32,35-36,38-41H2,1-4H3. The van der Waals surface area contributed by atoms with Crippen LogP contribution in [0.4, 0.5) is 0 Å². The minimum absolute atomic E-state index is 0.121. The molecule has 3 aromatic rings. The van der Waals surface area contributed by atoms with Crippen LogP contribution in [0.1, 0.15) is 182 Å². The summed E-state index contributed by atoms with van der Waals surface area (Å²) in [4.78, 5) is 26.1. The van der Waals surface area contributed by atoms with Crippen molar-refractivity contribution in [1.82, 2.24) is 0 Å². The molecule has 2 atom stereocenters. The van der Waals surface area contributed by atoms with Crippen LogP contribution in [0.3, 0.4) is 0 Å². The fourth-order valence-corrected chi connectivity index (χ4v) is 7.77. The smallest absolute Gasteiger partial charge is 0.306 e. The second kappa shape index (κ2) is 33.5. The average Bonchev–Trinajstić information content (AvgIpc) is 3.26. The van der Waals surface area contributed by atoms with Gasteiger partial charge in [-0.25, -0.2) is 0 Å². The molecule has 0 aliphatic heterocycles. The number of carbonyl (C=O) groups excluding carboxylic acids is 2. The molecule has 0 aromatic heterocycles. The van der Waals surface area contributed by atoms with Crippen molar-refractivity contribution in [2.24, 2.45) is 0 Å². The average molecular weight is 870 g/mol. The molecule has 344 valence electrons. The highest BCUT2D eigenvalue weighted by atomic mass is 35.5. The van der Waals surface area contributed by atoms with E-state index in [2.05, 4.69) is 27.7 Å². The lowest BCUT2D eigenvalue weighted by Gasteiger charge is -2.23. The molecule has 8 nitrogen and oxygen atoms in total. The third-order valence-corrected chi connectivity index (χ3v) is 11.4. The lowest BCUT2D eigenvalue weighted by molar-refractivity contribution is -0.155. The highest BCUT2D eigenvalue weighted by Gasteiger charge is 2.23. The number of esters is 2. The van der Waals surface area contributed by atoms with Gasteiger partial charge >= 0.3 is 11.9 Å². The van der Waals surface area contributed by atoms with Crippen molar-refractivity contribution in [2.45, 2.75) is 194 Å². The fraction of sp³-hybridized carbons (Fsp3) is 0.692. The van der Waals surface area contributed by atoms with Crippen LogP contribution in [-0.2, 0) is 28.5 Å². The first kappa shape index (κ1) is 52.3. The first-order chi connectivity index (χ1) is 29.9. The fourth-order valence-electron chi connectivity index (χ4n) is 7.60. The molecular formula is C52H81ClO8. The predicted molar refractivity (Wildman–Crippen MR) is 252 cm³/mol. The van der Waals surface area contributed by atoms with Gasteiger partial charge in [0, 0.05) is 52.6 Å². The Balaban J connectivity index is 1.80. The Labute approximate surface area is 374 Å². The topological polar surface area (TPSA) is 89.5 Å². The van der Waals surface area contributed by atoms with Crippen molar-refractivity contribution in [3.8, 4) is 11.5 Å². The van der Waals surface area contributed by atoms with E-state index in [1.165, 1.54) is 64.2 Å². The minimum atomic E-state index is -0.578. The normalized spacial score (nSPS) is 12.5. The molecule has 3 rings (SSSR count). The lowest BCUT2D eigenvalue weighted by atomic mass is 10.0.